The fourth-order valence-corrected chi connectivity index (χ4v) is 4.29. The van der Waals surface area contributed by atoms with Crippen LogP contribution < -0.4 is 15.1 Å². The van der Waals surface area contributed by atoms with Crippen LogP contribution in [0, 0.1) is 0 Å². The number of carbonyl (C=O) groups excluding carboxylic acids is 3. The topological polar surface area (TPSA) is 88.2 Å². The number of ether oxygens (including phenoxy) is 2. The Labute approximate surface area is 178 Å². The van der Waals surface area contributed by atoms with E-state index in [1.54, 1.807) is 17.0 Å². The quantitative estimate of drug-likeness (QED) is 0.762. The van der Waals surface area contributed by atoms with E-state index < -0.39 is 12.2 Å². The van der Waals surface area contributed by atoms with Crippen molar-refractivity contribution in [3.05, 3.63) is 46.2 Å². The van der Waals surface area contributed by atoms with Crippen LogP contribution in [0.15, 0.2) is 36.4 Å². The van der Waals surface area contributed by atoms with E-state index in [2.05, 4.69) is 5.32 Å². The molecule has 0 aliphatic carbocycles. The number of nitrogens with one attached hydrogen (secondary N) is 1. The second kappa shape index (κ2) is 8.85. The number of hydrogen-bond donors (Lipinski definition) is 1. The summed E-state index contributed by atoms with van der Waals surface area (Å²) in [5, 5.41) is 2.84. The number of morpholine rings is 1. The Morgan fingerprint density at radius 2 is 1.87 bits per heavy atom. The number of thiophene rings is 1. The van der Waals surface area contributed by atoms with Crippen molar-refractivity contribution in [1.82, 2.24) is 5.32 Å². The number of cyclic esters (lactones) is 1. The van der Waals surface area contributed by atoms with Crippen molar-refractivity contribution in [1.29, 1.82) is 0 Å². The Hall–Kier alpha value is -2.91. The van der Waals surface area contributed by atoms with Gasteiger partial charge in [-0.2, -0.15) is 0 Å². The zero-order valence-electron chi connectivity index (χ0n) is 16.6. The first-order chi connectivity index (χ1) is 14.5. The van der Waals surface area contributed by atoms with Crippen molar-refractivity contribution in [3.63, 3.8) is 0 Å². The van der Waals surface area contributed by atoms with Crippen molar-refractivity contribution in [3.8, 4) is 0 Å². The van der Waals surface area contributed by atoms with Crippen molar-refractivity contribution < 1.29 is 23.9 Å². The molecule has 2 aliphatic rings. The maximum absolute atomic E-state index is 12.3. The molecule has 30 heavy (non-hydrogen) atoms. The standard InChI is InChI=1S/C21H23N3O5S/c1-2-17-7-8-18(30-17)20(26)22-11-16-12-24(21(27)29-16)15-5-3-14(4-6-15)23-9-10-28-13-19(23)25/h3-8,16H,2,9-13H2,1H3,(H,22,26)/t16-/m0/s1. The van der Waals surface area contributed by atoms with Crippen LogP contribution in [0.25, 0.3) is 0 Å². The number of rotatable bonds is 6. The number of anilines is 2. The van der Waals surface area contributed by atoms with Crippen LogP contribution in [0.3, 0.4) is 0 Å². The highest BCUT2D eigenvalue weighted by atomic mass is 32.1. The molecule has 1 aromatic carbocycles. The Morgan fingerprint density at radius 3 is 2.53 bits per heavy atom. The minimum absolute atomic E-state index is 0.0813. The SMILES string of the molecule is CCc1ccc(C(=O)NC[C@H]2CN(c3ccc(N4CCOCC4=O)cc3)C(=O)O2)s1. The van der Waals surface area contributed by atoms with Gasteiger partial charge in [-0.25, -0.2) is 4.79 Å². The largest absolute Gasteiger partial charge is 0.442 e. The van der Waals surface area contributed by atoms with Gasteiger partial charge in [0.05, 0.1) is 24.6 Å². The third kappa shape index (κ3) is 4.31. The zero-order valence-corrected chi connectivity index (χ0v) is 17.4. The number of carbonyl (C=O) groups is 3. The first-order valence-corrected chi connectivity index (χ1v) is 10.7. The molecule has 0 radical (unpaired) electrons. The summed E-state index contributed by atoms with van der Waals surface area (Å²) < 4.78 is 10.5. The normalized spacial score (nSPS) is 19.2. The van der Waals surface area contributed by atoms with E-state index in [0.29, 0.717) is 30.3 Å². The fourth-order valence-electron chi connectivity index (χ4n) is 3.43. The Balaban J connectivity index is 1.34. The lowest BCUT2D eigenvalue weighted by Gasteiger charge is -2.27. The van der Waals surface area contributed by atoms with Crippen LogP contribution in [-0.2, 0) is 20.7 Å². The van der Waals surface area contributed by atoms with E-state index >= 15 is 0 Å². The number of amides is 3. The van der Waals surface area contributed by atoms with Crippen LogP contribution in [0.4, 0.5) is 16.2 Å². The highest BCUT2D eigenvalue weighted by molar-refractivity contribution is 7.14. The Kier molecular flexibility index (Phi) is 6.01. The average molecular weight is 429 g/mol. The van der Waals surface area contributed by atoms with Gasteiger partial charge in [0.15, 0.2) is 0 Å². The molecule has 0 spiro atoms. The molecule has 1 atom stereocenters. The third-order valence-electron chi connectivity index (χ3n) is 5.06. The van der Waals surface area contributed by atoms with Gasteiger partial charge in [0.25, 0.3) is 11.8 Å². The molecule has 1 N–H and O–H groups in total. The van der Waals surface area contributed by atoms with Crippen LogP contribution in [0.2, 0.25) is 0 Å². The first-order valence-electron chi connectivity index (χ1n) is 9.88. The second-order valence-corrected chi connectivity index (χ2v) is 8.23. The van der Waals surface area contributed by atoms with Gasteiger partial charge in [-0.3, -0.25) is 14.5 Å². The van der Waals surface area contributed by atoms with Gasteiger partial charge < -0.3 is 19.7 Å². The van der Waals surface area contributed by atoms with Crippen molar-refractivity contribution in [2.75, 3.05) is 42.6 Å². The van der Waals surface area contributed by atoms with Crippen LogP contribution in [-0.4, -0.2) is 56.9 Å². The number of nitrogens with zero attached hydrogens (tertiary/aromatic N) is 2. The van der Waals surface area contributed by atoms with E-state index in [0.717, 1.165) is 17.0 Å². The summed E-state index contributed by atoms with van der Waals surface area (Å²) in [5.41, 5.74) is 1.45. The van der Waals surface area contributed by atoms with E-state index in [4.69, 9.17) is 9.47 Å². The Bertz CT molecular complexity index is 942. The molecule has 158 valence electrons. The number of aryl methyl sites for hydroxylation is 1. The maximum Gasteiger partial charge on any atom is 0.414 e. The van der Waals surface area contributed by atoms with Crippen LogP contribution >= 0.6 is 11.3 Å². The molecule has 2 saturated heterocycles. The van der Waals surface area contributed by atoms with Crippen molar-refractivity contribution in [2.45, 2.75) is 19.4 Å². The molecule has 4 rings (SSSR count). The van der Waals surface area contributed by atoms with Gasteiger partial charge in [-0.1, -0.05) is 6.92 Å². The molecule has 2 aromatic rings. The van der Waals surface area contributed by atoms with Crippen LogP contribution in [0.1, 0.15) is 21.5 Å². The van der Waals surface area contributed by atoms with E-state index in [1.807, 2.05) is 31.2 Å². The first kappa shape index (κ1) is 20.4. The molecule has 8 nitrogen and oxygen atoms in total. The molecule has 2 fully saturated rings. The smallest absolute Gasteiger partial charge is 0.414 e. The molecule has 0 unspecified atom stereocenters. The highest BCUT2D eigenvalue weighted by Crippen LogP contribution is 2.25. The second-order valence-electron chi connectivity index (χ2n) is 7.06. The summed E-state index contributed by atoms with van der Waals surface area (Å²) in [6.45, 7) is 3.74. The highest BCUT2D eigenvalue weighted by Gasteiger charge is 2.33. The average Bonchev–Trinajstić information content (AvgIpc) is 3.39. The maximum atomic E-state index is 12.3. The van der Waals surface area contributed by atoms with Crippen molar-refractivity contribution >= 4 is 40.6 Å². The van der Waals surface area contributed by atoms with Gasteiger partial charge in [-0.05, 0) is 42.8 Å². The van der Waals surface area contributed by atoms with E-state index in [9.17, 15) is 14.4 Å². The minimum atomic E-state index is -0.450. The fraction of sp³-hybridized carbons (Fsp3) is 0.381. The van der Waals surface area contributed by atoms with Gasteiger partial charge in [0.1, 0.15) is 12.7 Å². The van der Waals surface area contributed by atoms with Gasteiger partial charge >= 0.3 is 6.09 Å². The molecule has 0 bridgehead atoms. The monoisotopic (exact) mass is 429 g/mol. The lowest BCUT2D eigenvalue weighted by atomic mass is 10.2. The molecule has 3 amide bonds. The molecule has 0 saturated carbocycles. The lowest BCUT2D eigenvalue weighted by Crippen LogP contribution is -2.41. The summed E-state index contributed by atoms with van der Waals surface area (Å²) in [5.74, 6) is -0.240. The molecule has 2 aliphatic heterocycles. The zero-order chi connectivity index (χ0) is 21.1. The predicted molar refractivity (Wildman–Crippen MR) is 113 cm³/mol. The summed E-state index contributed by atoms with van der Waals surface area (Å²) in [6, 6.07) is 11.0. The molecular weight excluding hydrogens is 406 g/mol. The lowest BCUT2D eigenvalue weighted by molar-refractivity contribution is -0.125. The number of benzene rings is 1. The number of hydrogen-bond acceptors (Lipinski definition) is 6. The molecule has 3 heterocycles. The summed E-state index contributed by atoms with van der Waals surface area (Å²) >= 11 is 1.47. The van der Waals surface area contributed by atoms with Crippen LogP contribution in [0.5, 0.6) is 0 Å². The Morgan fingerprint density at radius 1 is 1.13 bits per heavy atom. The summed E-state index contributed by atoms with van der Waals surface area (Å²) in [7, 11) is 0. The molecule has 9 heteroatoms. The summed E-state index contributed by atoms with van der Waals surface area (Å²) in [6.07, 6.45) is 0.0208. The summed E-state index contributed by atoms with van der Waals surface area (Å²) in [4.78, 5) is 41.5. The van der Waals surface area contributed by atoms with E-state index in [1.165, 1.54) is 16.2 Å². The van der Waals surface area contributed by atoms with Gasteiger partial charge in [-0.15, -0.1) is 11.3 Å². The minimum Gasteiger partial charge on any atom is -0.442 e. The predicted octanol–water partition coefficient (Wildman–Crippen LogP) is 2.43. The van der Waals surface area contributed by atoms with Gasteiger partial charge in [0.2, 0.25) is 0 Å². The molecular formula is C21H23N3O5S. The molecule has 1 aromatic heterocycles. The van der Waals surface area contributed by atoms with E-state index in [-0.39, 0.29) is 25.0 Å². The van der Waals surface area contributed by atoms with Gasteiger partial charge in [0, 0.05) is 22.8 Å². The van der Waals surface area contributed by atoms with Crippen molar-refractivity contribution in [2.24, 2.45) is 0 Å². The third-order valence-corrected chi connectivity index (χ3v) is 6.29.